The van der Waals surface area contributed by atoms with Crippen LogP contribution >= 0.6 is 15.9 Å². The van der Waals surface area contributed by atoms with Crippen molar-refractivity contribution in [3.05, 3.63) is 64.1 Å². The molecular formula is C15H15BrN2O3S. The van der Waals surface area contributed by atoms with Gasteiger partial charge in [-0.1, -0.05) is 24.3 Å². The minimum atomic E-state index is -3.77. The molecule has 0 radical (unpaired) electrons. The third-order valence-corrected chi connectivity index (χ3v) is 4.76. The maximum atomic E-state index is 12.2. The first kappa shape index (κ1) is 16.7. The normalized spacial score (nSPS) is 12.7. The molecule has 5 nitrogen and oxygen atoms in total. The molecule has 0 aliphatic heterocycles. The summed E-state index contributed by atoms with van der Waals surface area (Å²) in [4.78, 5) is 12.3. The number of primary sulfonamides is 1. The molecular weight excluding hydrogens is 368 g/mol. The average molecular weight is 383 g/mol. The van der Waals surface area contributed by atoms with E-state index in [0.29, 0.717) is 15.6 Å². The fourth-order valence-corrected chi connectivity index (χ4v) is 3.00. The summed E-state index contributed by atoms with van der Waals surface area (Å²) < 4.78 is 23.5. The van der Waals surface area contributed by atoms with Gasteiger partial charge in [0.2, 0.25) is 10.0 Å². The van der Waals surface area contributed by atoms with Crippen molar-refractivity contribution in [3.8, 4) is 0 Å². The van der Waals surface area contributed by atoms with Crippen molar-refractivity contribution in [1.82, 2.24) is 5.32 Å². The second-order valence-electron chi connectivity index (χ2n) is 4.79. The van der Waals surface area contributed by atoms with Gasteiger partial charge in [0.25, 0.3) is 5.91 Å². The molecule has 0 heterocycles. The zero-order chi connectivity index (χ0) is 16.3. The standard InChI is InChI=1S/C15H15BrN2O3S/c1-10(11-5-4-6-12(9-11)22(17,20)21)18-15(19)13-7-2-3-8-14(13)16/h2-10H,1H3,(H,18,19)(H2,17,20,21). The van der Waals surface area contributed by atoms with Crippen molar-refractivity contribution in [2.45, 2.75) is 17.9 Å². The summed E-state index contributed by atoms with van der Waals surface area (Å²) >= 11 is 3.32. The lowest BCUT2D eigenvalue weighted by Crippen LogP contribution is -2.27. The number of halogens is 1. The van der Waals surface area contributed by atoms with Crippen molar-refractivity contribution in [3.63, 3.8) is 0 Å². The van der Waals surface area contributed by atoms with Crippen LogP contribution in [0.3, 0.4) is 0 Å². The summed E-state index contributed by atoms with van der Waals surface area (Å²) in [5, 5.41) is 7.94. The molecule has 0 fully saturated rings. The second-order valence-corrected chi connectivity index (χ2v) is 7.21. The highest BCUT2D eigenvalue weighted by Crippen LogP contribution is 2.19. The lowest BCUT2D eigenvalue weighted by atomic mass is 10.1. The number of nitrogens with two attached hydrogens (primary N) is 1. The molecule has 1 amide bonds. The summed E-state index contributed by atoms with van der Waals surface area (Å²) in [5.41, 5.74) is 1.17. The van der Waals surface area contributed by atoms with Gasteiger partial charge in [0, 0.05) is 4.47 Å². The lowest BCUT2D eigenvalue weighted by molar-refractivity contribution is 0.0939. The summed E-state index contributed by atoms with van der Waals surface area (Å²) in [6, 6.07) is 12.9. The molecule has 0 aliphatic carbocycles. The molecule has 2 aromatic rings. The summed E-state index contributed by atoms with van der Waals surface area (Å²) in [5.74, 6) is -0.249. The second kappa shape index (κ2) is 6.60. The van der Waals surface area contributed by atoms with Crippen molar-refractivity contribution in [1.29, 1.82) is 0 Å². The molecule has 0 saturated heterocycles. The number of hydrogen-bond acceptors (Lipinski definition) is 3. The average Bonchev–Trinajstić information content (AvgIpc) is 2.46. The monoisotopic (exact) mass is 382 g/mol. The van der Waals surface area contributed by atoms with E-state index in [9.17, 15) is 13.2 Å². The molecule has 1 atom stereocenters. The number of amides is 1. The number of carbonyl (C=O) groups is 1. The number of hydrogen-bond donors (Lipinski definition) is 2. The van der Waals surface area contributed by atoms with Crippen LogP contribution in [0.4, 0.5) is 0 Å². The van der Waals surface area contributed by atoms with Gasteiger partial charge in [-0.15, -0.1) is 0 Å². The van der Waals surface area contributed by atoms with E-state index in [1.54, 1.807) is 37.3 Å². The first-order valence-electron chi connectivity index (χ1n) is 6.47. The Balaban J connectivity index is 2.21. The van der Waals surface area contributed by atoms with Crippen LogP contribution in [-0.4, -0.2) is 14.3 Å². The zero-order valence-corrected chi connectivity index (χ0v) is 14.2. The molecule has 0 spiro atoms. The van der Waals surface area contributed by atoms with Crippen LogP contribution in [0.2, 0.25) is 0 Å². The lowest BCUT2D eigenvalue weighted by Gasteiger charge is -2.15. The Hall–Kier alpha value is -1.70. The maximum absolute atomic E-state index is 12.2. The largest absolute Gasteiger partial charge is 0.345 e. The van der Waals surface area contributed by atoms with Gasteiger partial charge in [-0.05, 0) is 52.7 Å². The number of carbonyl (C=O) groups excluding carboxylic acids is 1. The van der Waals surface area contributed by atoms with E-state index in [-0.39, 0.29) is 16.8 Å². The van der Waals surface area contributed by atoms with Gasteiger partial charge >= 0.3 is 0 Å². The SMILES string of the molecule is CC(NC(=O)c1ccccc1Br)c1cccc(S(N)(=O)=O)c1. The van der Waals surface area contributed by atoms with Gasteiger partial charge in [-0.2, -0.15) is 0 Å². The van der Waals surface area contributed by atoms with E-state index in [1.807, 2.05) is 6.07 Å². The third kappa shape index (κ3) is 3.94. The Labute approximate surface area is 137 Å². The van der Waals surface area contributed by atoms with Gasteiger partial charge in [-0.25, -0.2) is 13.6 Å². The highest BCUT2D eigenvalue weighted by molar-refractivity contribution is 9.10. The molecule has 0 aliphatic rings. The van der Waals surface area contributed by atoms with Gasteiger partial charge < -0.3 is 5.32 Å². The summed E-state index contributed by atoms with van der Waals surface area (Å²) in [6.07, 6.45) is 0. The number of benzene rings is 2. The van der Waals surface area contributed by atoms with Crippen LogP contribution in [0.5, 0.6) is 0 Å². The van der Waals surface area contributed by atoms with Crippen molar-refractivity contribution >= 4 is 31.9 Å². The van der Waals surface area contributed by atoms with E-state index in [0.717, 1.165) is 0 Å². The predicted molar refractivity (Wildman–Crippen MR) is 87.8 cm³/mol. The van der Waals surface area contributed by atoms with Gasteiger partial charge in [0.1, 0.15) is 0 Å². The van der Waals surface area contributed by atoms with E-state index < -0.39 is 10.0 Å². The molecule has 2 rings (SSSR count). The maximum Gasteiger partial charge on any atom is 0.252 e. The van der Waals surface area contributed by atoms with Crippen molar-refractivity contribution in [2.24, 2.45) is 5.14 Å². The molecule has 3 N–H and O–H groups in total. The Morgan fingerprint density at radius 1 is 1.18 bits per heavy atom. The van der Waals surface area contributed by atoms with Crippen LogP contribution in [0, 0.1) is 0 Å². The molecule has 1 unspecified atom stereocenters. The van der Waals surface area contributed by atoms with Gasteiger partial charge in [0.05, 0.1) is 16.5 Å². The fraction of sp³-hybridized carbons (Fsp3) is 0.133. The van der Waals surface area contributed by atoms with Gasteiger partial charge in [0.15, 0.2) is 0 Å². The van der Waals surface area contributed by atoms with Crippen LogP contribution in [-0.2, 0) is 10.0 Å². The summed E-state index contributed by atoms with van der Waals surface area (Å²) in [6.45, 7) is 1.77. The molecule has 0 aromatic heterocycles. The van der Waals surface area contributed by atoms with E-state index >= 15 is 0 Å². The Kier molecular flexibility index (Phi) is 5.00. The van der Waals surface area contributed by atoms with Crippen LogP contribution in [0.1, 0.15) is 28.9 Å². The summed E-state index contributed by atoms with van der Waals surface area (Å²) in [7, 11) is -3.77. The smallest absolute Gasteiger partial charge is 0.252 e. The third-order valence-electron chi connectivity index (χ3n) is 3.15. The molecule has 7 heteroatoms. The zero-order valence-electron chi connectivity index (χ0n) is 11.8. The fourth-order valence-electron chi connectivity index (χ4n) is 1.96. The minimum absolute atomic E-state index is 0.0204. The Morgan fingerprint density at radius 2 is 1.86 bits per heavy atom. The van der Waals surface area contributed by atoms with Crippen LogP contribution in [0.15, 0.2) is 57.9 Å². The first-order valence-corrected chi connectivity index (χ1v) is 8.81. The quantitative estimate of drug-likeness (QED) is 0.851. The molecule has 0 saturated carbocycles. The van der Waals surface area contributed by atoms with E-state index in [1.165, 1.54) is 12.1 Å². The van der Waals surface area contributed by atoms with Crippen LogP contribution in [0.25, 0.3) is 0 Å². The van der Waals surface area contributed by atoms with E-state index in [4.69, 9.17) is 5.14 Å². The highest BCUT2D eigenvalue weighted by Gasteiger charge is 2.15. The van der Waals surface area contributed by atoms with Gasteiger partial charge in [-0.3, -0.25) is 4.79 Å². The number of nitrogens with one attached hydrogen (secondary N) is 1. The molecule has 2 aromatic carbocycles. The highest BCUT2D eigenvalue weighted by atomic mass is 79.9. The van der Waals surface area contributed by atoms with E-state index in [2.05, 4.69) is 21.2 Å². The Morgan fingerprint density at radius 3 is 2.50 bits per heavy atom. The molecule has 0 bridgehead atoms. The minimum Gasteiger partial charge on any atom is -0.345 e. The molecule has 116 valence electrons. The van der Waals surface area contributed by atoms with Crippen molar-refractivity contribution < 1.29 is 13.2 Å². The van der Waals surface area contributed by atoms with Crippen molar-refractivity contribution in [2.75, 3.05) is 0 Å². The van der Waals surface area contributed by atoms with Crippen LogP contribution < -0.4 is 10.5 Å². The number of sulfonamides is 1. The Bertz CT molecular complexity index is 806. The first-order chi connectivity index (χ1) is 10.3. The predicted octanol–water partition coefficient (Wildman–Crippen LogP) is 2.59. The molecule has 22 heavy (non-hydrogen) atoms. The number of rotatable bonds is 4. The topological polar surface area (TPSA) is 89.3 Å².